The molecular formula is C11H13BrFNO2. The van der Waals surface area contributed by atoms with Gasteiger partial charge >= 0.3 is 5.97 Å². The lowest BCUT2D eigenvalue weighted by molar-refractivity contribution is -0.139. The van der Waals surface area contributed by atoms with E-state index in [1.807, 2.05) is 6.92 Å². The molecule has 0 aliphatic heterocycles. The predicted octanol–water partition coefficient (Wildman–Crippen LogP) is 2.41. The van der Waals surface area contributed by atoms with E-state index in [-0.39, 0.29) is 24.4 Å². The fourth-order valence-electron chi connectivity index (χ4n) is 1.21. The maximum Gasteiger partial charge on any atom is 0.319 e. The Bertz CT molecular complexity index is 384. The Hall–Kier alpha value is -0.940. The summed E-state index contributed by atoms with van der Waals surface area (Å²) in [5.74, 6) is -0.628. The topological polar surface area (TPSA) is 38.3 Å². The molecule has 0 heterocycles. The van der Waals surface area contributed by atoms with Crippen LogP contribution in [0.25, 0.3) is 0 Å². The summed E-state index contributed by atoms with van der Waals surface area (Å²) in [5.41, 5.74) is 0.900. The number of hydrogen-bond acceptors (Lipinski definition) is 3. The van der Waals surface area contributed by atoms with Crippen LogP contribution >= 0.6 is 15.9 Å². The second-order valence-electron chi connectivity index (χ2n) is 3.35. The lowest BCUT2D eigenvalue weighted by atomic mass is 10.1. The quantitative estimate of drug-likeness (QED) is 0.865. The molecule has 0 aromatic heterocycles. The maximum atomic E-state index is 13.0. The molecule has 1 aromatic carbocycles. The number of benzene rings is 1. The second kappa shape index (κ2) is 5.96. The summed E-state index contributed by atoms with van der Waals surface area (Å²) in [6.07, 6.45) is 0. The first-order valence-electron chi connectivity index (χ1n) is 4.79. The molecule has 0 radical (unpaired) electrons. The van der Waals surface area contributed by atoms with Crippen molar-refractivity contribution in [3.05, 3.63) is 34.1 Å². The second-order valence-corrected chi connectivity index (χ2v) is 4.21. The minimum atomic E-state index is -0.326. The Morgan fingerprint density at radius 2 is 2.31 bits per heavy atom. The monoisotopic (exact) mass is 289 g/mol. The van der Waals surface area contributed by atoms with Gasteiger partial charge in [-0.2, -0.15) is 0 Å². The van der Waals surface area contributed by atoms with Crippen LogP contribution in [0.4, 0.5) is 4.39 Å². The van der Waals surface area contributed by atoms with E-state index in [2.05, 4.69) is 26.0 Å². The van der Waals surface area contributed by atoms with Crippen LogP contribution in [0, 0.1) is 5.82 Å². The van der Waals surface area contributed by atoms with Crippen LogP contribution in [-0.4, -0.2) is 19.6 Å². The number of halogens is 2. The zero-order chi connectivity index (χ0) is 12.1. The van der Waals surface area contributed by atoms with Crippen LogP contribution in [0.2, 0.25) is 0 Å². The molecule has 3 nitrogen and oxygen atoms in total. The molecular weight excluding hydrogens is 277 g/mol. The molecule has 5 heteroatoms. The Balaban J connectivity index is 2.62. The SMILES string of the molecule is COC(=O)CNC(C)c1ccc(F)c(Br)c1. The Morgan fingerprint density at radius 3 is 2.88 bits per heavy atom. The molecule has 0 amide bonds. The number of methoxy groups -OCH3 is 1. The highest BCUT2D eigenvalue weighted by atomic mass is 79.9. The molecule has 0 saturated carbocycles. The van der Waals surface area contributed by atoms with Gasteiger partial charge in [0.1, 0.15) is 5.82 Å². The highest BCUT2D eigenvalue weighted by Gasteiger charge is 2.09. The van der Waals surface area contributed by atoms with E-state index in [4.69, 9.17) is 0 Å². The van der Waals surface area contributed by atoms with Gasteiger partial charge in [0.05, 0.1) is 18.1 Å². The van der Waals surface area contributed by atoms with Crippen molar-refractivity contribution < 1.29 is 13.9 Å². The maximum absolute atomic E-state index is 13.0. The number of carbonyl (C=O) groups excluding carboxylic acids is 1. The first kappa shape index (κ1) is 13.1. The molecule has 88 valence electrons. The van der Waals surface area contributed by atoms with Crippen molar-refractivity contribution in [2.24, 2.45) is 0 Å². The van der Waals surface area contributed by atoms with E-state index in [1.54, 1.807) is 12.1 Å². The van der Waals surface area contributed by atoms with Crippen molar-refractivity contribution in [1.82, 2.24) is 5.32 Å². The Labute approximate surface area is 102 Å². The molecule has 0 fully saturated rings. The van der Waals surface area contributed by atoms with Gasteiger partial charge in [-0.3, -0.25) is 4.79 Å². The molecule has 0 aliphatic rings. The van der Waals surface area contributed by atoms with Gasteiger partial charge in [-0.15, -0.1) is 0 Å². The average Bonchev–Trinajstić information content (AvgIpc) is 2.29. The Kier molecular flexibility index (Phi) is 4.89. The van der Waals surface area contributed by atoms with Crippen LogP contribution in [0.5, 0.6) is 0 Å². The highest BCUT2D eigenvalue weighted by molar-refractivity contribution is 9.10. The summed E-state index contributed by atoms with van der Waals surface area (Å²) in [7, 11) is 1.34. The molecule has 1 unspecified atom stereocenters. The van der Waals surface area contributed by atoms with Crippen molar-refractivity contribution in [3.8, 4) is 0 Å². The summed E-state index contributed by atoms with van der Waals surface area (Å²) < 4.78 is 17.9. The molecule has 0 bridgehead atoms. The lowest BCUT2D eigenvalue weighted by Crippen LogP contribution is -2.26. The summed E-state index contributed by atoms with van der Waals surface area (Å²) in [4.78, 5) is 10.9. The first-order valence-corrected chi connectivity index (χ1v) is 5.59. The molecule has 0 spiro atoms. The van der Waals surface area contributed by atoms with Crippen LogP contribution in [0.1, 0.15) is 18.5 Å². The first-order chi connectivity index (χ1) is 7.54. The van der Waals surface area contributed by atoms with E-state index in [1.165, 1.54) is 13.2 Å². The summed E-state index contributed by atoms with van der Waals surface area (Å²) in [6, 6.07) is 4.70. The smallest absolute Gasteiger partial charge is 0.319 e. The zero-order valence-corrected chi connectivity index (χ0v) is 10.7. The van der Waals surface area contributed by atoms with Gasteiger partial charge < -0.3 is 10.1 Å². The molecule has 0 saturated heterocycles. The number of ether oxygens (including phenoxy) is 1. The standard InChI is InChI=1S/C11H13BrFNO2/c1-7(14-6-11(15)16-2)8-3-4-10(13)9(12)5-8/h3-5,7,14H,6H2,1-2H3. The normalized spacial score (nSPS) is 12.2. The summed E-state index contributed by atoms with van der Waals surface area (Å²) >= 11 is 3.11. The van der Waals surface area contributed by atoms with Gasteiger partial charge in [-0.05, 0) is 40.5 Å². The number of rotatable bonds is 4. The van der Waals surface area contributed by atoms with Crippen LogP contribution in [0.3, 0.4) is 0 Å². The van der Waals surface area contributed by atoms with E-state index in [9.17, 15) is 9.18 Å². The average molecular weight is 290 g/mol. The largest absolute Gasteiger partial charge is 0.468 e. The third-order valence-electron chi connectivity index (χ3n) is 2.22. The Morgan fingerprint density at radius 1 is 1.62 bits per heavy atom. The summed E-state index contributed by atoms with van der Waals surface area (Å²) in [6.45, 7) is 2.02. The number of nitrogens with one attached hydrogen (secondary N) is 1. The van der Waals surface area contributed by atoms with E-state index < -0.39 is 0 Å². The third kappa shape index (κ3) is 3.57. The van der Waals surface area contributed by atoms with Gasteiger partial charge in [0.2, 0.25) is 0 Å². The van der Waals surface area contributed by atoms with Crippen molar-refractivity contribution in [1.29, 1.82) is 0 Å². The zero-order valence-electron chi connectivity index (χ0n) is 9.09. The van der Waals surface area contributed by atoms with Gasteiger partial charge in [-0.1, -0.05) is 6.07 Å². The van der Waals surface area contributed by atoms with Gasteiger partial charge in [0.25, 0.3) is 0 Å². The fraction of sp³-hybridized carbons (Fsp3) is 0.364. The van der Waals surface area contributed by atoms with Crippen LogP contribution in [-0.2, 0) is 9.53 Å². The third-order valence-corrected chi connectivity index (χ3v) is 2.83. The van der Waals surface area contributed by atoms with E-state index in [0.717, 1.165) is 5.56 Å². The molecule has 1 atom stereocenters. The number of hydrogen-bond donors (Lipinski definition) is 1. The van der Waals surface area contributed by atoms with Gasteiger partial charge in [0, 0.05) is 6.04 Å². The minimum absolute atomic E-state index is 0.0454. The molecule has 16 heavy (non-hydrogen) atoms. The summed E-state index contributed by atoms with van der Waals surface area (Å²) in [5, 5.41) is 2.98. The van der Waals surface area contributed by atoms with Crippen molar-refractivity contribution in [2.75, 3.05) is 13.7 Å². The fourth-order valence-corrected chi connectivity index (χ4v) is 1.60. The number of carbonyl (C=O) groups is 1. The van der Waals surface area contributed by atoms with Gasteiger partial charge in [-0.25, -0.2) is 4.39 Å². The van der Waals surface area contributed by atoms with E-state index in [0.29, 0.717) is 4.47 Å². The number of esters is 1. The van der Waals surface area contributed by atoms with Crippen LogP contribution in [0.15, 0.2) is 22.7 Å². The molecule has 1 rings (SSSR count). The van der Waals surface area contributed by atoms with E-state index >= 15 is 0 Å². The molecule has 1 aromatic rings. The van der Waals surface area contributed by atoms with Crippen molar-refractivity contribution in [2.45, 2.75) is 13.0 Å². The lowest BCUT2D eigenvalue weighted by Gasteiger charge is -2.13. The highest BCUT2D eigenvalue weighted by Crippen LogP contribution is 2.20. The molecule has 0 aliphatic carbocycles. The minimum Gasteiger partial charge on any atom is -0.468 e. The predicted molar refractivity (Wildman–Crippen MR) is 62.5 cm³/mol. The van der Waals surface area contributed by atoms with Crippen molar-refractivity contribution >= 4 is 21.9 Å². The van der Waals surface area contributed by atoms with Gasteiger partial charge in [0.15, 0.2) is 0 Å². The molecule has 1 N–H and O–H groups in total. The van der Waals surface area contributed by atoms with Crippen LogP contribution < -0.4 is 5.32 Å². The van der Waals surface area contributed by atoms with Crippen molar-refractivity contribution in [3.63, 3.8) is 0 Å².